The molecule has 0 amide bonds. The van der Waals surface area contributed by atoms with Crippen LogP contribution in [0.1, 0.15) is 44.6 Å². The minimum atomic E-state index is 0.899. The summed E-state index contributed by atoms with van der Waals surface area (Å²) in [6.45, 7) is 0. The average Bonchev–Trinajstić information content (AvgIpc) is 3.47. The second-order valence-electron chi connectivity index (χ2n) is 10.3. The Morgan fingerprint density at radius 2 is 1.26 bits per heavy atom. The molecule has 0 atom stereocenters. The minimum absolute atomic E-state index is 0.899. The fourth-order valence-electron chi connectivity index (χ4n) is 7.13. The predicted molar refractivity (Wildman–Crippen MR) is 141 cm³/mol. The highest BCUT2D eigenvalue weighted by atomic mass is 15.2. The van der Waals surface area contributed by atoms with Gasteiger partial charge in [0.05, 0.1) is 22.8 Å². The predicted octanol–water partition coefficient (Wildman–Crippen LogP) is 7.50. The van der Waals surface area contributed by atoms with E-state index in [0.717, 1.165) is 25.7 Å². The van der Waals surface area contributed by atoms with Gasteiger partial charge in [0.25, 0.3) is 0 Å². The zero-order chi connectivity index (χ0) is 22.7. The van der Waals surface area contributed by atoms with Gasteiger partial charge in [0, 0.05) is 24.6 Å². The van der Waals surface area contributed by atoms with Gasteiger partial charge in [-0.25, -0.2) is 0 Å². The Kier molecular flexibility index (Phi) is 3.27. The molecule has 0 bridgehead atoms. The van der Waals surface area contributed by atoms with Crippen LogP contribution in [-0.2, 0) is 25.7 Å². The van der Waals surface area contributed by atoms with Crippen molar-refractivity contribution < 1.29 is 0 Å². The molecule has 2 heteroatoms. The number of hydrogen-bond acceptors (Lipinski definition) is 2. The van der Waals surface area contributed by atoms with E-state index in [0.29, 0.717) is 0 Å². The highest BCUT2D eigenvalue weighted by Gasteiger charge is 2.38. The second kappa shape index (κ2) is 6.28. The molecule has 0 spiro atoms. The van der Waals surface area contributed by atoms with Gasteiger partial charge in [0.2, 0.25) is 0 Å². The van der Waals surface area contributed by atoms with E-state index in [-0.39, 0.29) is 0 Å². The summed E-state index contributed by atoms with van der Waals surface area (Å²) >= 11 is 0. The number of nitrogens with zero attached hydrogens (tertiary/aromatic N) is 2. The zero-order valence-corrected chi connectivity index (χ0v) is 19.3. The second-order valence-corrected chi connectivity index (χ2v) is 10.3. The largest absolute Gasteiger partial charge is 0.307 e. The monoisotopic (exact) mass is 446 g/mol. The van der Waals surface area contributed by atoms with Gasteiger partial charge >= 0.3 is 0 Å². The Balaban J connectivity index is 1.36. The molecule has 0 saturated carbocycles. The molecular weight excluding hydrogens is 424 g/mol. The summed E-state index contributed by atoms with van der Waals surface area (Å²) in [5.74, 6) is 0. The van der Waals surface area contributed by atoms with E-state index in [2.05, 4.69) is 83.8 Å². The van der Waals surface area contributed by atoms with Crippen LogP contribution in [0.15, 0.2) is 85.1 Å². The van der Waals surface area contributed by atoms with Crippen LogP contribution in [0.5, 0.6) is 0 Å². The highest BCUT2D eigenvalue weighted by molar-refractivity contribution is 6.00. The van der Waals surface area contributed by atoms with Gasteiger partial charge in [0.15, 0.2) is 0 Å². The van der Waals surface area contributed by atoms with Crippen LogP contribution >= 0.6 is 0 Å². The van der Waals surface area contributed by atoms with Gasteiger partial charge in [-0.1, -0.05) is 66.7 Å². The van der Waals surface area contributed by atoms with E-state index >= 15 is 0 Å². The fourth-order valence-corrected chi connectivity index (χ4v) is 7.13. The third-order valence-electron chi connectivity index (χ3n) is 8.59. The molecule has 2 nitrogen and oxygen atoms in total. The van der Waals surface area contributed by atoms with Gasteiger partial charge in [-0.05, 0) is 80.6 Å². The van der Waals surface area contributed by atoms with E-state index < -0.39 is 0 Å². The molecule has 1 aromatic heterocycles. The van der Waals surface area contributed by atoms with Crippen molar-refractivity contribution in [3.63, 3.8) is 0 Å². The summed E-state index contributed by atoms with van der Waals surface area (Å²) in [6, 6.07) is 29.6. The van der Waals surface area contributed by atoms with Gasteiger partial charge in [-0.3, -0.25) is 4.98 Å². The lowest BCUT2D eigenvalue weighted by Gasteiger charge is -2.40. The van der Waals surface area contributed by atoms with Gasteiger partial charge < -0.3 is 4.90 Å². The maximum Gasteiger partial charge on any atom is 0.0716 e. The van der Waals surface area contributed by atoms with Crippen molar-refractivity contribution in [3.05, 3.63) is 130 Å². The first kappa shape index (κ1) is 18.2. The van der Waals surface area contributed by atoms with Crippen LogP contribution in [0, 0.1) is 0 Å². The van der Waals surface area contributed by atoms with Crippen molar-refractivity contribution in [1.82, 2.24) is 4.98 Å². The third-order valence-corrected chi connectivity index (χ3v) is 8.59. The first-order valence-corrected chi connectivity index (χ1v) is 12.6. The number of benzene rings is 4. The van der Waals surface area contributed by atoms with Crippen LogP contribution < -0.4 is 4.90 Å². The molecule has 0 unspecified atom stereocenters. The van der Waals surface area contributed by atoms with E-state index in [1.165, 1.54) is 84.0 Å². The van der Waals surface area contributed by atoms with Crippen molar-refractivity contribution in [2.24, 2.45) is 0 Å². The molecule has 2 aliphatic carbocycles. The number of rotatable bonds is 0. The molecule has 4 aliphatic rings. The van der Waals surface area contributed by atoms with Crippen molar-refractivity contribution in [3.8, 4) is 22.3 Å². The molecule has 5 aromatic rings. The molecular formula is C33H22N2. The van der Waals surface area contributed by atoms with Crippen molar-refractivity contribution in [2.75, 3.05) is 4.90 Å². The van der Waals surface area contributed by atoms with Crippen molar-refractivity contribution in [1.29, 1.82) is 0 Å². The first-order chi connectivity index (χ1) is 17.3. The Bertz CT molecular complexity index is 1760. The van der Waals surface area contributed by atoms with Crippen LogP contribution in [0.2, 0.25) is 0 Å². The number of anilines is 3. The van der Waals surface area contributed by atoms with Crippen molar-refractivity contribution >= 4 is 17.1 Å². The fraction of sp³-hybridized carbons (Fsp3) is 0.121. The maximum absolute atomic E-state index is 4.89. The van der Waals surface area contributed by atoms with E-state index in [9.17, 15) is 0 Å². The quantitative estimate of drug-likeness (QED) is 0.240. The number of aromatic nitrogens is 1. The number of fused-ring (bicyclic) bond motifs is 12. The first-order valence-electron chi connectivity index (χ1n) is 12.6. The lowest BCUT2D eigenvalue weighted by Crippen LogP contribution is -2.26. The molecule has 164 valence electrons. The Morgan fingerprint density at radius 1 is 0.514 bits per heavy atom. The summed E-state index contributed by atoms with van der Waals surface area (Å²) < 4.78 is 0. The lowest BCUT2D eigenvalue weighted by molar-refractivity contribution is 0.953. The third kappa shape index (κ3) is 2.23. The van der Waals surface area contributed by atoms with E-state index in [4.69, 9.17) is 4.98 Å². The molecule has 0 N–H and O–H groups in total. The summed E-state index contributed by atoms with van der Waals surface area (Å²) in [5.41, 5.74) is 21.0. The molecule has 9 rings (SSSR count). The Morgan fingerprint density at radius 3 is 2.17 bits per heavy atom. The van der Waals surface area contributed by atoms with Gasteiger partial charge in [-0.15, -0.1) is 0 Å². The maximum atomic E-state index is 4.89. The normalized spacial score (nSPS) is 14.9. The Labute approximate surface area is 204 Å². The van der Waals surface area contributed by atoms with Gasteiger partial charge in [-0.2, -0.15) is 0 Å². The molecule has 2 aliphatic heterocycles. The molecule has 0 radical (unpaired) electrons. The smallest absolute Gasteiger partial charge is 0.0716 e. The highest BCUT2D eigenvalue weighted by Crippen LogP contribution is 2.57. The van der Waals surface area contributed by atoms with E-state index in [1.807, 2.05) is 6.20 Å². The minimum Gasteiger partial charge on any atom is -0.307 e. The molecule has 4 aromatic carbocycles. The number of hydrogen-bond donors (Lipinski definition) is 0. The van der Waals surface area contributed by atoms with Crippen LogP contribution in [0.4, 0.5) is 17.1 Å². The Hall–Kier alpha value is -4.17. The summed E-state index contributed by atoms with van der Waals surface area (Å²) in [6.07, 6.45) is 5.94. The molecule has 35 heavy (non-hydrogen) atoms. The standard InChI is InChI=1S/C33H22N2/c1-3-7-24-20(6-1)16-27-26(24)11-12-30-28(27)17-23-13-14-34-29-18-22-10-9-21-15-19-5-2-4-8-25(19)31(21)33(22)35(30)32(23)29/h1-14H,15-18H2. The summed E-state index contributed by atoms with van der Waals surface area (Å²) in [5, 5.41) is 0. The van der Waals surface area contributed by atoms with Crippen LogP contribution in [0.25, 0.3) is 22.3 Å². The molecule has 3 heterocycles. The SMILES string of the molecule is c1ccc2c(c1)Cc1c-2ccc2c1Cc1ccnc3c1N2c1c(ccc2c1-c1ccccc1C2)C3. The van der Waals surface area contributed by atoms with E-state index in [1.54, 1.807) is 0 Å². The van der Waals surface area contributed by atoms with Crippen molar-refractivity contribution in [2.45, 2.75) is 25.7 Å². The zero-order valence-electron chi connectivity index (χ0n) is 19.3. The molecule has 0 fully saturated rings. The summed E-state index contributed by atoms with van der Waals surface area (Å²) in [4.78, 5) is 7.47. The topological polar surface area (TPSA) is 16.1 Å². The molecule has 0 saturated heterocycles. The summed E-state index contributed by atoms with van der Waals surface area (Å²) in [7, 11) is 0. The lowest BCUT2D eigenvalue weighted by atomic mass is 9.84. The van der Waals surface area contributed by atoms with Gasteiger partial charge in [0.1, 0.15) is 0 Å². The van der Waals surface area contributed by atoms with Crippen LogP contribution in [-0.4, -0.2) is 4.98 Å². The number of pyridine rings is 1. The average molecular weight is 447 g/mol. The van der Waals surface area contributed by atoms with Crippen LogP contribution in [0.3, 0.4) is 0 Å².